The average Bonchev–Trinajstić information content (AvgIpc) is 3.10. The first kappa shape index (κ1) is 30.1. The lowest BCUT2D eigenvalue weighted by Crippen LogP contribution is -2.50. The molecule has 8 heteroatoms. The van der Waals surface area contributed by atoms with Crippen LogP contribution in [0, 0.1) is 0 Å². The van der Waals surface area contributed by atoms with Crippen molar-refractivity contribution in [3.8, 4) is 0 Å². The molecule has 3 N–H and O–H groups in total. The molecule has 2 atom stereocenters. The smallest absolute Gasteiger partial charge is 0.251 e. The van der Waals surface area contributed by atoms with Crippen LogP contribution in [0.4, 0.5) is 0 Å². The van der Waals surface area contributed by atoms with E-state index in [1.165, 1.54) is 11.1 Å². The summed E-state index contributed by atoms with van der Waals surface area (Å²) in [6.45, 7) is 6.50. The fourth-order valence-electron chi connectivity index (χ4n) is 5.10. The van der Waals surface area contributed by atoms with E-state index < -0.39 is 0 Å². The van der Waals surface area contributed by atoms with Crippen LogP contribution >= 0.6 is 23.2 Å². The first-order valence-corrected chi connectivity index (χ1v) is 14.7. The van der Waals surface area contributed by atoms with Crippen LogP contribution in [0.2, 0.25) is 10.0 Å². The van der Waals surface area contributed by atoms with E-state index in [-0.39, 0.29) is 29.8 Å². The summed E-state index contributed by atoms with van der Waals surface area (Å²) < 4.78 is 0. The lowest BCUT2D eigenvalue weighted by Gasteiger charge is -2.29. The van der Waals surface area contributed by atoms with E-state index >= 15 is 0 Å². The van der Waals surface area contributed by atoms with Gasteiger partial charge >= 0.3 is 0 Å². The SMILES string of the molecule is CC(C)NCC[C@@H]1N[C@H](CNC(=O)c2ccc(Cl)c(Cl)c2)CCN(CC(c2ccccc2)c2ccccc2)C1=O. The molecule has 1 aliphatic heterocycles. The molecule has 3 aromatic rings. The highest BCUT2D eigenvalue weighted by atomic mass is 35.5. The van der Waals surface area contributed by atoms with Gasteiger partial charge in [-0.05, 0) is 48.7 Å². The molecule has 4 rings (SSSR count). The number of nitrogens with zero attached hydrogens (tertiary/aromatic N) is 1. The number of nitrogens with one attached hydrogen (secondary N) is 3. The first-order valence-electron chi connectivity index (χ1n) is 13.9. The van der Waals surface area contributed by atoms with Gasteiger partial charge in [0.15, 0.2) is 0 Å². The van der Waals surface area contributed by atoms with Crippen LogP contribution in [0.5, 0.6) is 0 Å². The number of hydrogen-bond acceptors (Lipinski definition) is 4. The van der Waals surface area contributed by atoms with E-state index in [2.05, 4.69) is 54.1 Å². The van der Waals surface area contributed by atoms with Crippen molar-refractivity contribution in [2.24, 2.45) is 0 Å². The molecule has 6 nitrogen and oxygen atoms in total. The summed E-state index contributed by atoms with van der Waals surface area (Å²) in [6.07, 6.45) is 1.38. The van der Waals surface area contributed by atoms with Crippen molar-refractivity contribution in [2.75, 3.05) is 26.2 Å². The Balaban J connectivity index is 1.50. The highest BCUT2D eigenvalue weighted by molar-refractivity contribution is 6.42. The summed E-state index contributed by atoms with van der Waals surface area (Å²) >= 11 is 12.1. The average molecular weight is 582 g/mol. The molecule has 0 radical (unpaired) electrons. The fraction of sp³-hybridized carbons (Fsp3) is 0.375. The minimum Gasteiger partial charge on any atom is -0.350 e. The second-order valence-corrected chi connectivity index (χ2v) is 11.4. The summed E-state index contributed by atoms with van der Waals surface area (Å²) in [5.74, 6) is -0.0635. The zero-order valence-corrected chi connectivity index (χ0v) is 24.6. The summed E-state index contributed by atoms with van der Waals surface area (Å²) in [5.41, 5.74) is 2.82. The van der Waals surface area contributed by atoms with Crippen molar-refractivity contribution in [1.29, 1.82) is 0 Å². The van der Waals surface area contributed by atoms with Gasteiger partial charge in [0, 0.05) is 43.2 Å². The lowest BCUT2D eigenvalue weighted by molar-refractivity contribution is -0.133. The Labute approximate surface area is 247 Å². The number of benzene rings is 3. The van der Waals surface area contributed by atoms with Gasteiger partial charge < -0.3 is 20.9 Å². The van der Waals surface area contributed by atoms with Crippen LogP contribution in [-0.2, 0) is 4.79 Å². The molecule has 1 fully saturated rings. The third kappa shape index (κ3) is 8.31. The molecule has 1 aliphatic rings. The highest BCUT2D eigenvalue weighted by Crippen LogP contribution is 2.27. The number of hydrogen-bond donors (Lipinski definition) is 3. The van der Waals surface area contributed by atoms with Crippen molar-refractivity contribution >= 4 is 35.0 Å². The Kier molecular flexibility index (Phi) is 11.0. The third-order valence-electron chi connectivity index (χ3n) is 7.28. The Bertz CT molecular complexity index is 1220. The van der Waals surface area contributed by atoms with Crippen LogP contribution in [0.3, 0.4) is 0 Å². The fourth-order valence-corrected chi connectivity index (χ4v) is 5.39. The van der Waals surface area contributed by atoms with Gasteiger partial charge in [0.1, 0.15) is 0 Å². The largest absolute Gasteiger partial charge is 0.350 e. The monoisotopic (exact) mass is 580 g/mol. The third-order valence-corrected chi connectivity index (χ3v) is 8.02. The minimum atomic E-state index is -0.354. The zero-order chi connectivity index (χ0) is 28.5. The van der Waals surface area contributed by atoms with Gasteiger partial charge in [-0.3, -0.25) is 9.59 Å². The molecule has 0 unspecified atom stereocenters. The molecule has 0 spiro atoms. The summed E-state index contributed by atoms with van der Waals surface area (Å²) in [7, 11) is 0. The van der Waals surface area contributed by atoms with Crippen LogP contribution in [0.1, 0.15) is 54.1 Å². The Morgan fingerprint density at radius 2 is 1.62 bits per heavy atom. The van der Waals surface area contributed by atoms with Gasteiger partial charge in [-0.15, -0.1) is 0 Å². The van der Waals surface area contributed by atoms with Gasteiger partial charge in [0.25, 0.3) is 5.91 Å². The molecule has 1 heterocycles. The molecule has 0 bridgehead atoms. The number of halogens is 2. The molecule has 1 saturated heterocycles. The maximum absolute atomic E-state index is 13.9. The van der Waals surface area contributed by atoms with Crippen molar-refractivity contribution in [3.05, 3.63) is 106 Å². The van der Waals surface area contributed by atoms with Crippen LogP contribution in [0.15, 0.2) is 78.9 Å². The van der Waals surface area contributed by atoms with E-state index in [9.17, 15) is 9.59 Å². The summed E-state index contributed by atoms with van der Waals surface area (Å²) in [4.78, 5) is 28.7. The molecule has 40 heavy (non-hydrogen) atoms. The van der Waals surface area contributed by atoms with E-state index in [0.29, 0.717) is 47.7 Å². The van der Waals surface area contributed by atoms with Gasteiger partial charge in [-0.25, -0.2) is 0 Å². The predicted octanol–water partition coefficient (Wildman–Crippen LogP) is 5.50. The number of carbonyl (C=O) groups excluding carboxylic acids is 2. The lowest BCUT2D eigenvalue weighted by atomic mass is 9.90. The number of amides is 2. The Morgan fingerprint density at radius 3 is 2.23 bits per heavy atom. The van der Waals surface area contributed by atoms with Gasteiger partial charge in [-0.2, -0.15) is 0 Å². The topological polar surface area (TPSA) is 73.5 Å². The molecule has 0 aliphatic carbocycles. The minimum absolute atomic E-state index is 0.0587. The molecular formula is C32H38Cl2N4O2. The maximum atomic E-state index is 13.9. The van der Waals surface area contributed by atoms with Crippen molar-refractivity contribution in [1.82, 2.24) is 20.9 Å². The highest BCUT2D eigenvalue weighted by Gasteiger charge is 2.32. The Hall–Kier alpha value is -2.90. The van der Waals surface area contributed by atoms with E-state index in [1.807, 2.05) is 41.3 Å². The van der Waals surface area contributed by atoms with Gasteiger partial charge in [0.2, 0.25) is 5.91 Å². The van der Waals surface area contributed by atoms with Crippen molar-refractivity contribution < 1.29 is 9.59 Å². The van der Waals surface area contributed by atoms with Crippen LogP contribution in [0.25, 0.3) is 0 Å². The quantitative estimate of drug-likeness (QED) is 0.280. The second-order valence-electron chi connectivity index (χ2n) is 10.6. The molecule has 0 saturated carbocycles. The van der Waals surface area contributed by atoms with E-state index in [1.54, 1.807) is 18.2 Å². The van der Waals surface area contributed by atoms with Crippen molar-refractivity contribution in [2.45, 2.75) is 50.7 Å². The standard InChI is InChI=1S/C32H38Cl2N4O2/c1-22(2)35-17-15-30-32(40)38(21-27(23-9-5-3-6-10-23)24-11-7-4-8-12-24)18-16-26(37-30)20-36-31(39)25-13-14-28(33)29(34)19-25/h3-14,19,22,26-27,30,35,37H,15-18,20-21H2,1-2H3,(H,36,39)/t26-,30-/m0/s1. The van der Waals surface area contributed by atoms with Gasteiger partial charge in [0.05, 0.1) is 16.1 Å². The summed E-state index contributed by atoms with van der Waals surface area (Å²) in [5, 5.41) is 10.7. The molecule has 2 amide bonds. The van der Waals surface area contributed by atoms with E-state index in [4.69, 9.17) is 23.2 Å². The zero-order valence-electron chi connectivity index (χ0n) is 23.1. The maximum Gasteiger partial charge on any atom is 0.251 e. The van der Waals surface area contributed by atoms with Crippen molar-refractivity contribution in [3.63, 3.8) is 0 Å². The number of rotatable bonds is 11. The van der Waals surface area contributed by atoms with E-state index in [0.717, 1.165) is 13.0 Å². The summed E-state index contributed by atoms with van der Waals surface area (Å²) in [6, 6.07) is 25.5. The molecule has 0 aromatic heterocycles. The molecule has 3 aromatic carbocycles. The molecular weight excluding hydrogens is 543 g/mol. The first-order chi connectivity index (χ1) is 19.3. The Morgan fingerprint density at radius 1 is 0.975 bits per heavy atom. The predicted molar refractivity (Wildman–Crippen MR) is 163 cm³/mol. The number of carbonyl (C=O) groups is 2. The van der Waals surface area contributed by atoms with Gasteiger partial charge in [-0.1, -0.05) is 97.7 Å². The van der Waals surface area contributed by atoms with Crippen LogP contribution in [-0.4, -0.2) is 61.0 Å². The second kappa shape index (κ2) is 14.6. The normalized spacial score (nSPS) is 17.8. The molecule has 212 valence electrons. The van der Waals surface area contributed by atoms with Crippen LogP contribution < -0.4 is 16.0 Å².